The van der Waals surface area contributed by atoms with Gasteiger partial charge in [-0.15, -0.1) is 0 Å². The van der Waals surface area contributed by atoms with Crippen molar-refractivity contribution in [1.82, 2.24) is 0 Å². The zero-order valence-corrected chi connectivity index (χ0v) is 13.9. The molecule has 2 aromatic carbocycles. The first-order chi connectivity index (χ1) is 9.84. The van der Waals surface area contributed by atoms with E-state index < -0.39 is 0 Å². The predicted octanol–water partition coefficient (Wildman–Crippen LogP) is 4.94. The molecule has 2 heteroatoms. The topological polar surface area (TPSA) is 6.48 Å². The monoisotopic (exact) mass is 280 g/mol. The number of para-hydroxylation sites is 2. The number of benzene rings is 2. The summed E-state index contributed by atoms with van der Waals surface area (Å²) in [5.41, 5.74) is 7.85. The fourth-order valence-electron chi connectivity index (χ4n) is 3.35. The number of hydrogen-bond acceptors (Lipinski definition) is 2. The lowest BCUT2D eigenvalue weighted by molar-refractivity contribution is 0.521. The number of hydrogen-bond donors (Lipinski definition) is 0. The molecule has 1 aliphatic rings. The third-order valence-electron chi connectivity index (χ3n) is 4.88. The highest BCUT2D eigenvalue weighted by atomic mass is 15.4. The van der Waals surface area contributed by atoms with E-state index in [1.165, 1.54) is 33.8 Å². The van der Waals surface area contributed by atoms with Crippen LogP contribution in [-0.2, 0) is 0 Å². The van der Waals surface area contributed by atoms with E-state index in [1.807, 2.05) is 0 Å². The Labute approximate surface area is 128 Å². The Morgan fingerprint density at radius 3 is 2.14 bits per heavy atom. The van der Waals surface area contributed by atoms with Gasteiger partial charge in [0.2, 0.25) is 0 Å². The molecule has 2 nitrogen and oxygen atoms in total. The Kier molecular flexibility index (Phi) is 3.01. The Bertz CT molecular complexity index is 701. The van der Waals surface area contributed by atoms with E-state index in [9.17, 15) is 0 Å². The van der Waals surface area contributed by atoms with Crippen LogP contribution in [0.5, 0.6) is 0 Å². The maximum atomic E-state index is 2.47. The molecule has 2 aromatic rings. The van der Waals surface area contributed by atoms with Gasteiger partial charge >= 0.3 is 0 Å². The molecule has 0 saturated heterocycles. The first kappa shape index (κ1) is 14.0. The Balaban J connectivity index is 2.27. The molecule has 0 bridgehead atoms. The maximum Gasteiger partial charge on any atom is 0.111 e. The third kappa shape index (κ3) is 1.93. The van der Waals surface area contributed by atoms with Crippen LogP contribution in [0.2, 0.25) is 0 Å². The maximum absolute atomic E-state index is 2.47. The van der Waals surface area contributed by atoms with Crippen molar-refractivity contribution in [1.29, 1.82) is 0 Å². The number of anilines is 3. The van der Waals surface area contributed by atoms with Gasteiger partial charge in [0.25, 0.3) is 0 Å². The summed E-state index contributed by atoms with van der Waals surface area (Å²) in [5, 5.41) is 0. The van der Waals surface area contributed by atoms with Crippen molar-refractivity contribution in [3.8, 4) is 0 Å². The van der Waals surface area contributed by atoms with Gasteiger partial charge in [0.15, 0.2) is 0 Å². The molecule has 0 fully saturated rings. The highest BCUT2D eigenvalue weighted by Crippen LogP contribution is 2.49. The molecule has 110 valence electrons. The zero-order chi connectivity index (χ0) is 15.4. The molecule has 0 N–H and O–H groups in total. The van der Waals surface area contributed by atoms with Crippen molar-refractivity contribution in [3.63, 3.8) is 0 Å². The summed E-state index contributed by atoms with van der Waals surface area (Å²) in [4.78, 5) is 4.83. The summed E-state index contributed by atoms with van der Waals surface area (Å²) in [5.74, 6) is 0. The lowest BCUT2D eigenvalue weighted by Crippen LogP contribution is -2.48. The second-order valence-electron chi connectivity index (χ2n) is 6.60. The average molecular weight is 280 g/mol. The second kappa shape index (κ2) is 4.52. The summed E-state index contributed by atoms with van der Waals surface area (Å²) in [6, 6.07) is 13.2. The van der Waals surface area contributed by atoms with Gasteiger partial charge in [-0.3, -0.25) is 0 Å². The molecule has 0 spiro atoms. The average Bonchev–Trinajstić information content (AvgIpc) is 2.63. The third-order valence-corrected chi connectivity index (χ3v) is 4.88. The van der Waals surface area contributed by atoms with Crippen LogP contribution in [0.15, 0.2) is 36.4 Å². The fourth-order valence-corrected chi connectivity index (χ4v) is 3.35. The largest absolute Gasteiger partial charge is 0.350 e. The number of fused-ring (bicyclic) bond motifs is 1. The van der Waals surface area contributed by atoms with Crippen molar-refractivity contribution in [3.05, 3.63) is 53.1 Å². The molecule has 0 atom stereocenters. The van der Waals surface area contributed by atoms with Crippen LogP contribution in [0.3, 0.4) is 0 Å². The van der Waals surface area contributed by atoms with Gasteiger partial charge in [-0.2, -0.15) is 0 Å². The number of rotatable bonds is 1. The molecule has 0 unspecified atom stereocenters. The van der Waals surface area contributed by atoms with E-state index in [0.29, 0.717) is 0 Å². The summed E-state index contributed by atoms with van der Waals surface area (Å²) >= 11 is 0. The molecule has 0 aliphatic carbocycles. The lowest BCUT2D eigenvalue weighted by Gasteiger charge is -2.39. The highest BCUT2D eigenvalue weighted by molar-refractivity contribution is 5.86. The fraction of sp³-hybridized carbons (Fsp3) is 0.368. The SMILES string of the molecule is Cc1cc(C)c(C)c(N2c3ccccc3N(C)C2(C)C)c1. The standard InChI is InChI=1S/C19H24N2/c1-13-11-14(2)15(3)18(12-13)21-17-10-8-7-9-16(17)20(6)19(21,4)5/h7-12H,1-6H3. The van der Waals surface area contributed by atoms with Gasteiger partial charge in [0, 0.05) is 12.7 Å². The molecular formula is C19H24N2. The van der Waals surface area contributed by atoms with Gasteiger partial charge in [0.1, 0.15) is 5.66 Å². The van der Waals surface area contributed by atoms with Crippen molar-refractivity contribution >= 4 is 17.1 Å². The minimum absolute atomic E-state index is 0.0747. The van der Waals surface area contributed by atoms with Gasteiger partial charge in [-0.1, -0.05) is 18.2 Å². The molecule has 1 aliphatic heterocycles. The van der Waals surface area contributed by atoms with Gasteiger partial charge in [-0.05, 0) is 69.5 Å². The van der Waals surface area contributed by atoms with E-state index in [1.54, 1.807) is 0 Å². The normalized spacial score (nSPS) is 16.3. The van der Waals surface area contributed by atoms with Crippen LogP contribution in [0.25, 0.3) is 0 Å². The first-order valence-corrected chi connectivity index (χ1v) is 7.55. The molecule has 0 aromatic heterocycles. The molecule has 3 rings (SSSR count). The van der Waals surface area contributed by atoms with E-state index in [2.05, 4.69) is 87.9 Å². The van der Waals surface area contributed by atoms with Crippen LogP contribution >= 0.6 is 0 Å². The highest BCUT2D eigenvalue weighted by Gasteiger charge is 2.41. The molecular weight excluding hydrogens is 256 g/mol. The van der Waals surface area contributed by atoms with Crippen molar-refractivity contribution in [2.75, 3.05) is 16.8 Å². The number of nitrogens with zero attached hydrogens (tertiary/aromatic N) is 2. The quantitative estimate of drug-likeness (QED) is 0.730. The predicted molar refractivity (Wildman–Crippen MR) is 91.7 cm³/mol. The van der Waals surface area contributed by atoms with E-state index in [-0.39, 0.29) is 5.66 Å². The van der Waals surface area contributed by atoms with E-state index in [4.69, 9.17) is 0 Å². The zero-order valence-electron chi connectivity index (χ0n) is 13.9. The molecule has 1 heterocycles. The van der Waals surface area contributed by atoms with Gasteiger partial charge in [-0.25, -0.2) is 0 Å². The lowest BCUT2D eigenvalue weighted by atomic mass is 10.0. The minimum Gasteiger partial charge on any atom is -0.350 e. The summed E-state index contributed by atoms with van der Waals surface area (Å²) in [6.45, 7) is 11.2. The van der Waals surface area contributed by atoms with Crippen LogP contribution < -0.4 is 9.80 Å². The Hall–Kier alpha value is -1.96. The Morgan fingerprint density at radius 2 is 1.48 bits per heavy atom. The summed E-state index contributed by atoms with van der Waals surface area (Å²) in [6.07, 6.45) is 0. The summed E-state index contributed by atoms with van der Waals surface area (Å²) < 4.78 is 0. The molecule has 0 saturated carbocycles. The first-order valence-electron chi connectivity index (χ1n) is 7.55. The second-order valence-corrected chi connectivity index (χ2v) is 6.60. The summed E-state index contributed by atoms with van der Waals surface area (Å²) in [7, 11) is 2.18. The van der Waals surface area contributed by atoms with Crippen LogP contribution in [0.1, 0.15) is 30.5 Å². The van der Waals surface area contributed by atoms with Crippen molar-refractivity contribution < 1.29 is 0 Å². The molecule has 0 radical (unpaired) electrons. The van der Waals surface area contributed by atoms with E-state index in [0.717, 1.165) is 0 Å². The smallest absolute Gasteiger partial charge is 0.111 e. The van der Waals surface area contributed by atoms with Crippen molar-refractivity contribution in [2.45, 2.75) is 40.3 Å². The van der Waals surface area contributed by atoms with Gasteiger partial charge in [0.05, 0.1) is 11.4 Å². The van der Waals surface area contributed by atoms with E-state index >= 15 is 0 Å². The Morgan fingerprint density at radius 1 is 0.857 bits per heavy atom. The molecule has 0 amide bonds. The van der Waals surface area contributed by atoms with Crippen molar-refractivity contribution in [2.24, 2.45) is 0 Å². The number of aryl methyl sites for hydroxylation is 2. The van der Waals surface area contributed by atoms with Gasteiger partial charge < -0.3 is 9.80 Å². The van der Waals surface area contributed by atoms with Crippen LogP contribution in [-0.4, -0.2) is 12.7 Å². The van der Waals surface area contributed by atoms with Crippen LogP contribution in [0, 0.1) is 20.8 Å². The minimum atomic E-state index is -0.0747. The molecule has 21 heavy (non-hydrogen) atoms. The van der Waals surface area contributed by atoms with Crippen LogP contribution in [0.4, 0.5) is 17.1 Å².